The zero-order valence-electron chi connectivity index (χ0n) is 11.9. The van der Waals surface area contributed by atoms with Crippen LogP contribution in [0.1, 0.15) is 36.5 Å². The molecule has 2 rings (SSSR count). The van der Waals surface area contributed by atoms with E-state index in [0.717, 1.165) is 19.3 Å². The van der Waals surface area contributed by atoms with E-state index in [2.05, 4.69) is 17.6 Å². The van der Waals surface area contributed by atoms with Crippen molar-refractivity contribution >= 4 is 5.91 Å². The zero-order chi connectivity index (χ0) is 14.5. The lowest BCUT2D eigenvalue weighted by atomic mass is 9.99. The molecule has 2 unspecified atom stereocenters. The normalized spacial score (nSPS) is 22.4. The molecule has 0 saturated carbocycles. The summed E-state index contributed by atoms with van der Waals surface area (Å²) in [7, 11) is 1.43. The number of carbonyl (C=O) groups is 1. The summed E-state index contributed by atoms with van der Waals surface area (Å²) in [4.78, 5) is 12.1. The molecule has 1 heterocycles. The molecule has 4 nitrogen and oxygen atoms in total. The number of hydrogen-bond donors (Lipinski definition) is 2. The van der Waals surface area contributed by atoms with Gasteiger partial charge in [-0.1, -0.05) is 12.5 Å². The molecule has 0 bridgehead atoms. The van der Waals surface area contributed by atoms with Crippen LogP contribution in [0.25, 0.3) is 0 Å². The summed E-state index contributed by atoms with van der Waals surface area (Å²) < 4.78 is 18.8. The van der Waals surface area contributed by atoms with Gasteiger partial charge in [0.2, 0.25) is 0 Å². The van der Waals surface area contributed by atoms with Crippen molar-refractivity contribution in [2.45, 2.75) is 38.3 Å². The molecule has 1 fully saturated rings. The highest BCUT2D eigenvalue weighted by atomic mass is 19.1. The van der Waals surface area contributed by atoms with Gasteiger partial charge in [-0.3, -0.25) is 4.79 Å². The van der Waals surface area contributed by atoms with Crippen molar-refractivity contribution < 1.29 is 13.9 Å². The molecule has 1 aliphatic heterocycles. The second kappa shape index (κ2) is 6.70. The first kappa shape index (κ1) is 14.8. The molecular weight excluding hydrogens is 259 g/mol. The predicted molar refractivity (Wildman–Crippen MR) is 75.5 cm³/mol. The third-order valence-corrected chi connectivity index (χ3v) is 3.64. The number of ether oxygens (including phenoxy) is 1. The smallest absolute Gasteiger partial charge is 0.258 e. The van der Waals surface area contributed by atoms with E-state index in [-0.39, 0.29) is 17.4 Å². The van der Waals surface area contributed by atoms with E-state index in [9.17, 15) is 9.18 Å². The molecule has 5 heteroatoms. The second-order valence-corrected chi connectivity index (χ2v) is 5.22. The van der Waals surface area contributed by atoms with Gasteiger partial charge in [-0.05, 0) is 31.9 Å². The van der Waals surface area contributed by atoms with Crippen LogP contribution in [0.2, 0.25) is 0 Å². The van der Waals surface area contributed by atoms with Crippen molar-refractivity contribution in [3.05, 3.63) is 29.6 Å². The van der Waals surface area contributed by atoms with Crippen LogP contribution in [0.15, 0.2) is 18.2 Å². The van der Waals surface area contributed by atoms with E-state index in [1.54, 1.807) is 6.07 Å². The first-order valence-electron chi connectivity index (χ1n) is 6.98. The minimum Gasteiger partial charge on any atom is -0.496 e. The van der Waals surface area contributed by atoms with Crippen molar-refractivity contribution in [2.24, 2.45) is 0 Å². The van der Waals surface area contributed by atoms with E-state index in [1.807, 2.05) is 0 Å². The highest BCUT2D eigenvalue weighted by molar-refractivity contribution is 5.97. The standard InChI is InChI=1S/C15H21FN2O2/c1-10-5-3-6-11(18-10)9-17-15(19)14-12(16)7-4-8-13(14)20-2/h4,7-8,10-11,18H,3,5-6,9H2,1-2H3,(H,17,19). The maximum atomic E-state index is 13.8. The van der Waals surface area contributed by atoms with E-state index < -0.39 is 11.7 Å². The van der Waals surface area contributed by atoms with Crippen LogP contribution in [0.5, 0.6) is 5.75 Å². The summed E-state index contributed by atoms with van der Waals surface area (Å²) in [5.74, 6) is -0.737. The Hall–Kier alpha value is -1.62. The monoisotopic (exact) mass is 280 g/mol. The maximum absolute atomic E-state index is 13.8. The Morgan fingerprint density at radius 3 is 3.00 bits per heavy atom. The minimum atomic E-state index is -0.563. The summed E-state index contributed by atoms with van der Waals surface area (Å²) in [6.45, 7) is 2.63. The number of hydrogen-bond acceptors (Lipinski definition) is 3. The van der Waals surface area contributed by atoms with Crippen LogP contribution in [-0.2, 0) is 0 Å². The molecule has 2 N–H and O–H groups in total. The number of piperidine rings is 1. The highest BCUT2D eigenvalue weighted by Crippen LogP contribution is 2.21. The van der Waals surface area contributed by atoms with Gasteiger partial charge >= 0.3 is 0 Å². The first-order valence-corrected chi connectivity index (χ1v) is 6.98. The summed E-state index contributed by atoms with van der Waals surface area (Å²) in [5.41, 5.74) is -0.0288. The van der Waals surface area contributed by atoms with Crippen LogP contribution in [0.4, 0.5) is 4.39 Å². The van der Waals surface area contributed by atoms with Gasteiger partial charge in [-0.15, -0.1) is 0 Å². The van der Waals surface area contributed by atoms with Crippen LogP contribution >= 0.6 is 0 Å². The summed E-state index contributed by atoms with van der Waals surface area (Å²) in [6.07, 6.45) is 3.34. The Kier molecular flexibility index (Phi) is 4.95. The number of methoxy groups -OCH3 is 1. The van der Waals surface area contributed by atoms with Gasteiger partial charge in [0.1, 0.15) is 17.1 Å². The third-order valence-electron chi connectivity index (χ3n) is 3.64. The molecule has 110 valence electrons. The van der Waals surface area contributed by atoms with Gasteiger partial charge in [0.05, 0.1) is 7.11 Å². The van der Waals surface area contributed by atoms with Crippen molar-refractivity contribution in [1.82, 2.24) is 10.6 Å². The molecule has 2 atom stereocenters. The number of rotatable bonds is 4. The van der Waals surface area contributed by atoms with Crippen molar-refractivity contribution in [3.8, 4) is 5.75 Å². The third kappa shape index (κ3) is 3.48. The lowest BCUT2D eigenvalue weighted by Gasteiger charge is -2.28. The van der Waals surface area contributed by atoms with Gasteiger partial charge < -0.3 is 15.4 Å². The number of amides is 1. The van der Waals surface area contributed by atoms with Crippen LogP contribution < -0.4 is 15.4 Å². The maximum Gasteiger partial charge on any atom is 0.258 e. The number of halogens is 1. The molecule has 0 spiro atoms. The van der Waals surface area contributed by atoms with E-state index in [0.29, 0.717) is 12.6 Å². The van der Waals surface area contributed by atoms with Gasteiger partial charge in [0.25, 0.3) is 5.91 Å². The minimum absolute atomic E-state index is 0.0288. The quantitative estimate of drug-likeness (QED) is 0.888. The van der Waals surface area contributed by atoms with Crippen molar-refractivity contribution in [3.63, 3.8) is 0 Å². The van der Waals surface area contributed by atoms with E-state index in [1.165, 1.54) is 19.2 Å². The van der Waals surface area contributed by atoms with Gasteiger partial charge in [0.15, 0.2) is 0 Å². The average Bonchev–Trinajstić information content (AvgIpc) is 2.44. The van der Waals surface area contributed by atoms with E-state index in [4.69, 9.17) is 4.74 Å². The first-order chi connectivity index (χ1) is 9.61. The predicted octanol–water partition coefficient (Wildman–Crippen LogP) is 2.09. The Morgan fingerprint density at radius 2 is 2.30 bits per heavy atom. The molecule has 1 aromatic rings. The van der Waals surface area contributed by atoms with Gasteiger partial charge in [-0.2, -0.15) is 0 Å². The SMILES string of the molecule is COc1cccc(F)c1C(=O)NCC1CCCC(C)N1. The molecule has 0 radical (unpaired) electrons. The largest absolute Gasteiger partial charge is 0.496 e. The molecule has 1 amide bonds. The zero-order valence-corrected chi connectivity index (χ0v) is 11.9. The summed E-state index contributed by atoms with van der Waals surface area (Å²) >= 11 is 0. The van der Waals surface area contributed by atoms with Crippen LogP contribution in [-0.4, -0.2) is 31.6 Å². The Morgan fingerprint density at radius 1 is 1.50 bits per heavy atom. The fourth-order valence-corrected chi connectivity index (χ4v) is 2.60. The Bertz CT molecular complexity index is 479. The lowest BCUT2D eigenvalue weighted by Crippen LogP contribution is -2.47. The summed E-state index contributed by atoms with van der Waals surface area (Å²) in [6, 6.07) is 5.08. The fourth-order valence-electron chi connectivity index (χ4n) is 2.60. The van der Waals surface area contributed by atoms with Crippen molar-refractivity contribution in [2.75, 3.05) is 13.7 Å². The Labute approximate surface area is 118 Å². The second-order valence-electron chi connectivity index (χ2n) is 5.22. The average molecular weight is 280 g/mol. The molecular formula is C15H21FN2O2. The fraction of sp³-hybridized carbons (Fsp3) is 0.533. The molecule has 0 aromatic heterocycles. The topological polar surface area (TPSA) is 50.4 Å². The highest BCUT2D eigenvalue weighted by Gasteiger charge is 2.21. The molecule has 0 aliphatic carbocycles. The molecule has 20 heavy (non-hydrogen) atoms. The lowest BCUT2D eigenvalue weighted by molar-refractivity contribution is 0.0939. The van der Waals surface area contributed by atoms with Gasteiger partial charge in [0, 0.05) is 18.6 Å². The van der Waals surface area contributed by atoms with Crippen LogP contribution in [0, 0.1) is 5.82 Å². The van der Waals surface area contributed by atoms with Crippen LogP contribution in [0.3, 0.4) is 0 Å². The molecule has 1 aliphatic rings. The van der Waals surface area contributed by atoms with Gasteiger partial charge in [-0.25, -0.2) is 4.39 Å². The Balaban J connectivity index is 1.98. The molecule has 1 aromatic carbocycles. The number of benzene rings is 1. The van der Waals surface area contributed by atoms with E-state index >= 15 is 0 Å². The number of nitrogens with one attached hydrogen (secondary N) is 2. The summed E-state index contributed by atoms with van der Waals surface area (Å²) in [5, 5.41) is 6.21. The molecule has 1 saturated heterocycles. The number of carbonyl (C=O) groups excluding carboxylic acids is 1. The van der Waals surface area contributed by atoms with Crippen molar-refractivity contribution in [1.29, 1.82) is 0 Å².